The zero-order valence-corrected chi connectivity index (χ0v) is 11.5. The molecule has 2 nitrogen and oxygen atoms in total. The highest BCUT2D eigenvalue weighted by atomic mass is 79.9. The number of hydrogen-bond acceptors (Lipinski definition) is 2. The highest BCUT2D eigenvalue weighted by molar-refractivity contribution is 9.10. The van der Waals surface area contributed by atoms with Crippen LogP contribution >= 0.6 is 15.9 Å². The molecule has 1 rings (SSSR count). The molecule has 2 N–H and O–H groups in total. The van der Waals surface area contributed by atoms with E-state index in [1.807, 2.05) is 18.2 Å². The first-order valence-corrected chi connectivity index (χ1v) is 6.50. The molecule has 1 aromatic rings. The maximum absolute atomic E-state index is 9.04. The fourth-order valence-corrected chi connectivity index (χ4v) is 2.01. The summed E-state index contributed by atoms with van der Waals surface area (Å²) in [6.45, 7) is 5.35. The van der Waals surface area contributed by atoms with Gasteiger partial charge < -0.3 is 10.4 Å². The van der Waals surface area contributed by atoms with Gasteiger partial charge in [0, 0.05) is 23.2 Å². The van der Waals surface area contributed by atoms with E-state index in [2.05, 4.69) is 41.2 Å². The van der Waals surface area contributed by atoms with Gasteiger partial charge in [0.25, 0.3) is 0 Å². The number of nitrogens with one attached hydrogen (secondary N) is 1. The first-order chi connectivity index (χ1) is 7.61. The maximum atomic E-state index is 9.04. The van der Waals surface area contributed by atoms with Crippen LogP contribution < -0.4 is 5.32 Å². The zero-order valence-electron chi connectivity index (χ0n) is 9.96. The minimum absolute atomic E-state index is 0.0179. The number of hydrogen-bond donors (Lipinski definition) is 2. The Morgan fingerprint density at radius 2 is 2.06 bits per heavy atom. The van der Waals surface area contributed by atoms with E-state index in [0.717, 1.165) is 23.9 Å². The number of benzene rings is 1. The van der Waals surface area contributed by atoms with Crippen LogP contribution in [-0.4, -0.2) is 17.3 Å². The molecule has 0 amide bonds. The van der Waals surface area contributed by atoms with E-state index in [9.17, 15) is 0 Å². The molecule has 3 heteroatoms. The van der Waals surface area contributed by atoms with Crippen molar-refractivity contribution in [1.29, 1.82) is 0 Å². The minimum Gasteiger partial charge on any atom is -0.396 e. The topological polar surface area (TPSA) is 32.3 Å². The molecule has 0 spiro atoms. The minimum atomic E-state index is 0.0179. The molecule has 0 bridgehead atoms. The van der Waals surface area contributed by atoms with Crippen LogP contribution in [0.5, 0.6) is 0 Å². The van der Waals surface area contributed by atoms with Crippen LogP contribution in [-0.2, 0) is 6.54 Å². The van der Waals surface area contributed by atoms with Crippen LogP contribution in [0.15, 0.2) is 28.7 Å². The molecule has 0 aliphatic carbocycles. The first kappa shape index (κ1) is 13.7. The van der Waals surface area contributed by atoms with Crippen molar-refractivity contribution in [1.82, 2.24) is 5.32 Å². The second-order valence-corrected chi connectivity index (χ2v) is 5.19. The summed E-state index contributed by atoms with van der Waals surface area (Å²) in [4.78, 5) is 0. The summed E-state index contributed by atoms with van der Waals surface area (Å²) in [6.07, 6.45) is 1.80. The summed E-state index contributed by atoms with van der Waals surface area (Å²) in [5.41, 5.74) is 1.27. The monoisotopic (exact) mass is 285 g/mol. The molecule has 0 aliphatic rings. The second kappa shape index (κ2) is 6.38. The molecule has 16 heavy (non-hydrogen) atoms. The Labute approximate surface area is 106 Å². The number of halogens is 1. The van der Waals surface area contributed by atoms with E-state index in [1.165, 1.54) is 5.56 Å². The van der Waals surface area contributed by atoms with E-state index >= 15 is 0 Å². The van der Waals surface area contributed by atoms with Gasteiger partial charge in [-0.15, -0.1) is 0 Å². The third-order valence-electron chi connectivity index (χ3n) is 3.11. The van der Waals surface area contributed by atoms with Crippen LogP contribution in [0, 0.1) is 0 Å². The largest absolute Gasteiger partial charge is 0.396 e. The van der Waals surface area contributed by atoms with Crippen LogP contribution in [0.2, 0.25) is 0 Å². The summed E-state index contributed by atoms with van der Waals surface area (Å²) in [7, 11) is 0. The average Bonchev–Trinajstić information content (AvgIpc) is 2.28. The zero-order chi connectivity index (χ0) is 12.0. The van der Waals surface area contributed by atoms with Gasteiger partial charge in [-0.1, -0.05) is 41.1 Å². The third kappa shape index (κ3) is 3.89. The highest BCUT2D eigenvalue weighted by Gasteiger charge is 2.20. The Hall–Kier alpha value is -0.380. The molecular weight excluding hydrogens is 266 g/mol. The summed E-state index contributed by atoms with van der Waals surface area (Å²) in [5, 5.41) is 12.5. The lowest BCUT2D eigenvalue weighted by Crippen LogP contribution is -2.42. The fourth-order valence-electron chi connectivity index (χ4n) is 1.59. The molecule has 1 atom stereocenters. The normalized spacial score (nSPS) is 14.8. The maximum Gasteiger partial charge on any atom is 0.0448 e. The Morgan fingerprint density at radius 3 is 2.62 bits per heavy atom. The predicted octanol–water partition coefficient (Wildman–Crippen LogP) is 3.09. The van der Waals surface area contributed by atoms with E-state index in [0.29, 0.717) is 0 Å². The SMILES string of the molecule is CCC(C)(CCO)NCc1ccccc1Br. The Morgan fingerprint density at radius 1 is 1.38 bits per heavy atom. The quantitative estimate of drug-likeness (QED) is 0.842. The number of aliphatic hydroxyl groups excluding tert-OH is 1. The molecule has 0 radical (unpaired) electrons. The van der Waals surface area contributed by atoms with E-state index < -0.39 is 0 Å². The Bertz CT molecular complexity index is 329. The fraction of sp³-hybridized carbons (Fsp3) is 0.538. The highest BCUT2D eigenvalue weighted by Crippen LogP contribution is 2.19. The summed E-state index contributed by atoms with van der Waals surface area (Å²) >= 11 is 3.54. The van der Waals surface area contributed by atoms with Crippen LogP contribution in [0.25, 0.3) is 0 Å². The molecule has 0 aromatic heterocycles. The van der Waals surface area contributed by atoms with Crippen molar-refractivity contribution in [2.75, 3.05) is 6.61 Å². The lowest BCUT2D eigenvalue weighted by Gasteiger charge is -2.29. The number of rotatable bonds is 6. The molecule has 0 fully saturated rings. The van der Waals surface area contributed by atoms with Crippen molar-refractivity contribution in [2.45, 2.75) is 38.8 Å². The van der Waals surface area contributed by atoms with Crippen LogP contribution in [0.1, 0.15) is 32.3 Å². The molecule has 1 unspecified atom stereocenters. The summed E-state index contributed by atoms with van der Waals surface area (Å²) in [6, 6.07) is 8.20. The third-order valence-corrected chi connectivity index (χ3v) is 3.88. The van der Waals surface area contributed by atoms with Crippen molar-refractivity contribution < 1.29 is 5.11 Å². The molecule has 90 valence electrons. The van der Waals surface area contributed by atoms with Gasteiger partial charge in [-0.25, -0.2) is 0 Å². The molecule has 0 heterocycles. The molecule has 1 aromatic carbocycles. The van der Waals surface area contributed by atoms with Gasteiger partial charge in [-0.3, -0.25) is 0 Å². The van der Waals surface area contributed by atoms with Gasteiger partial charge in [0.15, 0.2) is 0 Å². The average molecular weight is 286 g/mol. The van der Waals surface area contributed by atoms with Crippen molar-refractivity contribution >= 4 is 15.9 Å². The standard InChI is InChI=1S/C13H20BrNO/c1-3-13(2,8-9-16)15-10-11-6-4-5-7-12(11)14/h4-7,15-16H,3,8-10H2,1-2H3. The van der Waals surface area contributed by atoms with Gasteiger partial charge in [0.2, 0.25) is 0 Å². The molecular formula is C13H20BrNO. The van der Waals surface area contributed by atoms with E-state index in [-0.39, 0.29) is 12.1 Å². The van der Waals surface area contributed by atoms with Crippen molar-refractivity contribution in [3.8, 4) is 0 Å². The van der Waals surface area contributed by atoms with E-state index in [4.69, 9.17) is 5.11 Å². The molecule has 0 saturated heterocycles. The Balaban J connectivity index is 2.59. The predicted molar refractivity (Wildman–Crippen MR) is 71.4 cm³/mol. The summed E-state index contributed by atoms with van der Waals surface area (Å²) < 4.78 is 1.13. The van der Waals surface area contributed by atoms with Gasteiger partial charge >= 0.3 is 0 Å². The van der Waals surface area contributed by atoms with Crippen molar-refractivity contribution in [2.24, 2.45) is 0 Å². The van der Waals surface area contributed by atoms with Crippen molar-refractivity contribution in [3.63, 3.8) is 0 Å². The summed E-state index contributed by atoms with van der Waals surface area (Å²) in [5.74, 6) is 0. The molecule has 0 aliphatic heterocycles. The lowest BCUT2D eigenvalue weighted by atomic mass is 9.94. The van der Waals surface area contributed by atoms with Crippen LogP contribution in [0.4, 0.5) is 0 Å². The smallest absolute Gasteiger partial charge is 0.0448 e. The van der Waals surface area contributed by atoms with Crippen molar-refractivity contribution in [3.05, 3.63) is 34.3 Å². The Kier molecular flexibility index (Phi) is 5.46. The number of aliphatic hydroxyl groups is 1. The van der Waals surface area contributed by atoms with Gasteiger partial charge in [-0.05, 0) is 31.4 Å². The second-order valence-electron chi connectivity index (χ2n) is 4.33. The van der Waals surface area contributed by atoms with Gasteiger partial charge in [0.1, 0.15) is 0 Å². The molecule has 0 saturated carbocycles. The van der Waals surface area contributed by atoms with Gasteiger partial charge in [-0.2, -0.15) is 0 Å². The first-order valence-electron chi connectivity index (χ1n) is 5.70. The van der Waals surface area contributed by atoms with E-state index in [1.54, 1.807) is 0 Å². The van der Waals surface area contributed by atoms with Gasteiger partial charge in [0.05, 0.1) is 0 Å². The lowest BCUT2D eigenvalue weighted by molar-refractivity contribution is 0.214. The van der Waals surface area contributed by atoms with Crippen LogP contribution in [0.3, 0.4) is 0 Å².